The van der Waals surface area contributed by atoms with Crippen molar-refractivity contribution in [3.8, 4) is 0 Å². The van der Waals surface area contributed by atoms with Gasteiger partial charge in [-0.1, -0.05) is 0 Å². The third kappa shape index (κ3) is 2.09. The van der Waals surface area contributed by atoms with Gasteiger partial charge in [-0.15, -0.1) is 0 Å². The topological polar surface area (TPSA) is 32.3 Å². The number of hydrogen-bond acceptors (Lipinski definition) is 2. The number of rotatable bonds is 0. The second kappa shape index (κ2) is 3.66. The number of piperidine rings is 1. The van der Waals surface area contributed by atoms with E-state index in [9.17, 15) is 18.0 Å². The molecule has 2 heterocycles. The van der Waals surface area contributed by atoms with Gasteiger partial charge in [0.25, 0.3) is 0 Å². The summed E-state index contributed by atoms with van der Waals surface area (Å²) in [4.78, 5) is 11.9. The molecule has 3 nitrogen and oxygen atoms in total. The summed E-state index contributed by atoms with van der Waals surface area (Å²) in [5.41, 5.74) is 0. The van der Waals surface area contributed by atoms with Crippen LogP contribution in [0.4, 0.5) is 13.2 Å². The Labute approximate surface area is 85.6 Å². The largest absolute Gasteiger partial charge is 0.471 e. The number of nitrogens with zero attached hydrogens (tertiary/aromatic N) is 1. The highest BCUT2D eigenvalue weighted by atomic mass is 19.4. The van der Waals surface area contributed by atoms with Crippen LogP contribution in [0.2, 0.25) is 0 Å². The van der Waals surface area contributed by atoms with Gasteiger partial charge < -0.3 is 10.2 Å². The number of amides is 1. The van der Waals surface area contributed by atoms with Gasteiger partial charge in [0.1, 0.15) is 0 Å². The molecule has 0 aromatic carbocycles. The van der Waals surface area contributed by atoms with Crippen LogP contribution >= 0.6 is 0 Å². The van der Waals surface area contributed by atoms with Gasteiger partial charge in [-0.05, 0) is 31.3 Å². The lowest BCUT2D eigenvalue weighted by atomic mass is 9.90. The van der Waals surface area contributed by atoms with Crippen molar-refractivity contribution in [2.75, 3.05) is 26.2 Å². The molecule has 2 rings (SSSR count). The van der Waals surface area contributed by atoms with Crippen LogP contribution in [0.15, 0.2) is 0 Å². The lowest BCUT2D eigenvalue weighted by Gasteiger charge is -2.23. The number of halogens is 3. The Bertz CT molecular complexity index is 253. The number of fused-ring (bicyclic) bond motifs is 1. The molecule has 86 valence electrons. The van der Waals surface area contributed by atoms with Crippen LogP contribution in [-0.2, 0) is 4.79 Å². The van der Waals surface area contributed by atoms with E-state index in [4.69, 9.17) is 0 Å². The van der Waals surface area contributed by atoms with E-state index in [1.807, 2.05) is 0 Å². The molecule has 0 aromatic rings. The first-order valence-corrected chi connectivity index (χ1v) is 5.05. The molecule has 2 saturated heterocycles. The van der Waals surface area contributed by atoms with E-state index in [2.05, 4.69) is 5.32 Å². The molecule has 2 aliphatic heterocycles. The summed E-state index contributed by atoms with van der Waals surface area (Å²) in [5, 5.41) is 3.14. The van der Waals surface area contributed by atoms with Crippen LogP contribution < -0.4 is 5.32 Å². The number of likely N-dealkylation sites (tertiary alicyclic amines) is 1. The van der Waals surface area contributed by atoms with E-state index in [1.54, 1.807) is 0 Å². The van der Waals surface area contributed by atoms with Crippen LogP contribution in [0.25, 0.3) is 0 Å². The summed E-state index contributed by atoms with van der Waals surface area (Å²) in [7, 11) is 0. The smallest absolute Gasteiger partial charge is 0.334 e. The van der Waals surface area contributed by atoms with E-state index in [-0.39, 0.29) is 24.9 Å². The number of nitrogens with one attached hydrogen (secondary N) is 1. The molecule has 6 heteroatoms. The van der Waals surface area contributed by atoms with E-state index in [1.165, 1.54) is 0 Å². The normalized spacial score (nSPS) is 31.5. The zero-order valence-corrected chi connectivity index (χ0v) is 8.18. The monoisotopic (exact) mass is 222 g/mol. The van der Waals surface area contributed by atoms with Gasteiger partial charge in [0.2, 0.25) is 0 Å². The van der Waals surface area contributed by atoms with Crippen molar-refractivity contribution in [1.29, 1.82) is 0 Å². The molecular formula is C9H13F3N2O. The van der Waals surface area contributed by atoms with Crippen molar-refractivity contribution >= 4 is 5.91 Å². The van der Waals surface area contributed by atoms with Crippen LogP contribution in [0.1, 0.15) is 6.42 Å². The summed E-state index contributed by atoms with van der Waals surface area (Å²) in [6.45, 7) is 2.09. The lowest BCUT2D eigenvalue weighted by Crippen LogP contribution is -2.40. The summed E-state index contributed by atoms with van der Waals surface area (Å²) < 4.78 is 36.5. The summed E-state index contributed by atoms with van der Waals surface area (Å²) in [6.07, 6.45) is -3.85. The molecule has 0 aliphatic carbocycles. The minimum atomic E-state index is -4.72. The Balaban J connectivity index is 2.00. The van der Waals surface area contributed by atoms with Gasteiger partial charge in [-0.3, -0.25) is 4.79 Å². The summed E-state index contributed by atoms with van der Waals surface area (Å²) in [5.74, 6) is -1.24. The van der Waals surface area contributed by atoms with Crippen molar-refractivity contribution < 1.29 is 18.0 Å². The van der Waals surface area contributed by atoms with E-state index >= 15 is 0 Å². The highest BCUT2D eigenvalue weighted by Gasteiger charge is 2.47. The Morgan fingerprint density at radius 3 is 2.53 bits per heavy atom. The van der Waals surface area contributed by atoms with Gasteiger partial charge in [0.15, 0.2) is 0 Å². The zero-order chi connectivity index (χ0) is 11.1. The lowest BCUT2D eigenvalue weighted by molar-refractivity contribution is -0.184. The van der Waals surface area contributed by atoms with E-state index in [0.717, 1.165) is 24.4 Å². The molecule has 2 fully saturated rings. The maximum atomic E-state index is 12.2. The molecule has 2 aliphatic rings. The van der Waals surface area contributed by atoms with Crippen molar-refractivity contribution in [3.63, 3.8) is 0 Å². The SMILES string of the molecule is O=C(N1CC2CCNCC2C1)C(F)(F)F. The predicted molar refractivity (Wildman–Crippen MR) is 47.1 cm³/mol. The van der Waals surface area contributed by atoms with E-state index < -0.39 is 12.1 Å². The number of alkyl halides is 3. The number of carbonyl (C=O) groups is 1. The van der Waals surface area contributed by atoms with Crippen molar-refractivity contribution in [2.45, 2.75) is 12.6 Å². The van der Waals surface area contributed by atoms with Crippen LogP contribution in [-0.4, -0.2) is 43.2 Å². The molecule has 0 aromatic heterocycles. The molecule has 2 atom stereocenters. The zero-order valence-electron chi connectivity index (χ0n) is 8.18. The highest BCUT2D eigenvalue weighted by molar-refractivity contribution is 5.82. The molecule has 15 heavy (non-hydrogen) atoms. The number of hydrogen-bond donors (Lipinski definition) is 1. The van der Waals surface area contributed by atoms with Crippen LogP contribution in [0, 0.1) is 11.8 Å². The van der Waals surface area contributed by atoms with Crippen LogP contribution in [0.3, 0.4) is 0 Å². The Morgan fingerprint density at radius 2 is 1.93 bits per heavy atom. The number of carbonyl (C=O) groups excluding carboxylic acids is 1. The molecular weight excluding hydrogens is 209 g/mol. The molecule has 1 amide bonds. The summed E-state index contributed by atoms with van der Waals surface area (Å²) in [6, 6.07) is 0. The maximum Gasteiger partial charge on any atom is 0.471 e. The summed E-state index contributed by atoms with van der Waals surface area (Å²) >= 11 is 0. The standard InChI is InChI=1S/C9H13F3N2O/c10-9(11,12)8(15)14-4-6-1-2-13-3-7(6)5-14/h6-7,13H,1-5H2. The highest BCUT2D eigenvalue weighted by Crippen LogP contribution is 2.30. The van der Waals surface area contributed by atoms with E-state index in [0.29, 0.717) is 0 Å². The van der Waals surface area contributed by atoms with Gasteiger partial charge in [-0.2, -0.15) is 13.2 Å². The fraction of sp³-hybridized carbons (Fsp3) is 0.889. The van der Waals surface area contributed by atoms with Crippen molar-refractivity contribution in [2.24, 2.45) is 11.8 Å². The molecule has 2 unspecified atom stereocenters. The van der Waals surface area contributed by atoms with Crippen molar-refractivity contribution in [3.05, 3.63) is 0 Å². The molecule has 0 bridgehead atoms. The first-order chi connectivity index (χ1) is 6.98. The fourth-order valence-corrected chi connectivity index (χ4v) is 2.42. The second-order valence-corrected chi connectivity index (χ2v) is 4.22. The predicted octanol–water partition coefficient (Wildman–Crippen LogP) is 0.617. The van der Waals surface area contributed by atoms with Gasteiger partial charge in [0.05, 0.1) is 0 Å². The van der Waals surface area contributed by atoms with Gasteiger partial charge in [0, 0.05) is 13.1 Å². The fourth-order valence-electron chi connectivity index (χ4n) is 2.42. The Kier molecular flexibility index (Phi) is 2.62. The molecule has 0 saturated carbocycles. The average Bonchev–Trinajstić information content (AvgIpc) is 2.58. The van der Waals surface area contributed by atoms with Crippen LogP contribution in [0.5, 0.6) is 0 Å². The quantitative estimate of drug-likeness (QED) is 0.651. The maximum absolute atomic E-state index is 12.2. The van der Waals surface area contributed by atoms with Gasteiger partial charge >= 0.3 is 12.1 Å². The minimum absolute atomic E-state index is 0.199. The van der Waals surface area contributed by atoms with Crippen molar-refractivity contribution in [1.82, 2.24) is 10.2 Å². The Morgan fingerprint density at radius 1 is 1.27 bits per heavy atom. The third-order valence-corrected chi connectivity index (χ3v) is 3.20. The molecule has 1 N–H and O–H groups in total. The molecule has 0 spiro atoms. The Hall–Kier alpha value is -0.780. The second-order valence-electron chi connectivity index (χ2n) is 4.22. The van der Waals surface area contributed by atoms with Gasteiger partial charge in [-0.25, -0.2) is 0 Å². The minimum Gasteiger partial charge on any atom is -0.334 e. The molecule has 0 radical (unpaired) electrons. The third-order valence-electron chi connectivity index (χ3n) is 3.20. The first-order valence-electron chi connectivity index (χ1n) is 5.05. The first kappa shape index (κ1) is 10.7. The average molecular weight is 222 g/mol.